The average Bonchev–Trinajstić information content (AvgIpc) is 2.94. The molecule has 2 bridgehead atoms. The van der Waals surface area contributed by atoms with Crippen molar-refractivity contribution in [3.63, 3.8) is 0 Å². The molecule has 3 rings (SSSR count). The van der Waals surface area contributed by atoms with Crippen molar-refractivity contribution in [1.82, 2.24) is 9.80 Å². The Hall–Kier alpha value is -0.120. The number of likely N-dealkylation sites (N-methyl/N-ethyl adjacent to an activating group) is 1. The summed E-state index contributed by atoms with van der Waals surface area (Å²) in [6.07, 6.45) is 6.81. The summed E-state index contributed by atoms with van der Waals surface area (Å²) in [6, 6.07) is 0.578. The fraction of sp³-hybridized carbons (Fsp3) is 1.00. The standard InChI is InChI=1S/C15H28N2O/c1-16(2)9-14-7-15(18)10-17(14)8-13-6-11-3-4-12(13)5-11/h11-15,18H,3-10H2,1-2H3. The molecule has 5 atom stereocenters. The smallest absolute Gasteiger partial charge is 0.0682 e. The summed E-state index contributed by atoms with van der Waals surface area (Å²) in [7, 11) is 4.28. The Labute approximate surface area is 111 Å². The van der Waals surface area contributed by atoms with Crippen molar-refractivity contribution >= 4 is 0 Å². The Morgan fingerprint density at radius 3 is 2.61 bits per heavy atom. The third-order valence-electron chi connectivity index (χ3n) is 5.44. The van der Waals surface area contributed by atoms with E-state index >= 15 is 0 Å². The lowest BCUT2D eigenvalue weighted by atomic mass is 9.88. The quantitative estimate of drug-likeness (QED) is 0.820. The lowest BCUT2D eigenvalue weighted by Gasteiger charge is -2.32. The van der Waals surface area contributed by atoms with E-state index in [1.807, 2.05) is 0 Å². The van der Waals surface area contributed by atoms with Gasteiger partial charge in [-0.1, -0.05) is 6.42 Å². The molecule has 2 saturated carbocycles. The molecule has 3 fully saturated rings. The first kappa shape index (κ1) is 12.9. The molecule has 0 aromatic carbocycles. The molecule has 1 heterocycles. The number of likely N-dealkylation sites (tertiary alicyclic amines) is 1. The number of β-amino-alcohol motifs (C(OH)–C–C–N with tert-alkyl or cyclic N) is 1. The van der Waals surface area contributed by atoms with E-state index < -0.39 is 0 Å². The van der Waals surface area contributed by atoms with Crippen LogP contribution < -0.4 is 0 Å². The van der Waals surface area contributed by atoms with Gasteiger partial charge in [-0.25, -0.2) is 0 Å². The van der Waals surface area contributed by atoms with Gasteiger partial charge < -0.3 is 10.0 Å². The third kappa shape index (κ3) is 2.59. The van der Waals surface area contributed by atoms with Crippen LogP contribution in [0.1, 0.15) is 32.1 Å². The van der Waals surface area contributed by atoms with Crippen LogP contribution in [0.2, 0.25) is 0 Å². The van der Waals surface area contributed by atoms with Gasteiger partial charge >= 0.3 is 0 Å². The second-order valence-electron chi connectivity index (χ2n) is 7.19. The van der Waals surface area contributed by atoms with E-state index in [1.54, 1.807) is 0 Å². The number of fused-ring (bicyclic) bond motifs is 2. The topological polar surface area (TPSA) is 26.7 Å². The van der Waals surface area contributed by atoms with Crippen molar-refractivity contribution in [2.75, 3.05) is 33.7 Å². The number of aliphatic hydroxyl groups is 1. The fourth-order valence-corrected chi connectivity index (χ4v) is 4.69. The van der Waals surface area contributed by atoms with Gasteiger partial charge in [-0.15, -0.1) is 0 Å². The van der Waals surface area contributed by atoms with Gasteiger partial charge in [0, 0.05) is 25.7 Å². The predicted molar refractivity (Wildman–Crippen MR) is 73.5 cm³/mol. The molecule has 1 N–H and O–H groups in total. The second kappa shape index (κ2) is 5.10. The molecule has 104 valence electrons. The zero-order valence-electron chi connectivity index (χ0n) is 11.9. The first-order chi connectivity index (χ1) is 8.61. The summed E-state index contributed by atoms with van der Waals surface area (Å²) >= 11 is 0. The van der Waals surface area contributed by atoms with Crippen LogP contribution in [0.4, 0.5) is 0 Å². The molecule has 0 aromatic rings. The van der Waals surface area contributed by atoms with Gasteiger partial charge in [-0.3, -0.25) is 4.90 Å². The molecule has 0 radical (unpaired) electrons. The van der Waals surface area contributed by atoms with Crippen molar-refractivity contribution in [3.8, 4) is 0 Å². The molecule has 0 aromatic heterocycles. The maximum Gasteiger partial charge on any atom is 0.0682 e. The third-order valence-corrected chi connectivity index (χ3v) is 5.44. The summed E-state index contributed by atoms with van der Waals surface area (Å²) in [5.74, 6) is 2.98. The van der Waals surface area contributed by atoms with E-state index in [0.29, 0.717) is 6.04 Å². The van der Waals surface area contributed by atoms with Crippen LogP contribution in [0.15, 0.2) is 0 Å². The molecule has 3 heteroatoms. The van der Waals surface area contributed by atoms with Crippen LogP contribution in [0, 0.1) is 17.8 Å². The molecule has 18 heavy (non-hydrogen) atoms. The van der Waals surface area contributed by atoms with Crippen LogP contribution >= 0.6 is 0 Å². The zero-order valence-corrected chi connectivity index (χ0v) is 11.9. The van der Waals surface area contributed by atoms with E-state index in [2.05, 4.69) is 23.9 Å². The molecular formula is C15H28N2O. The molecule has 5 unspecified atom stereocenters. The number of hydrogen-bond acceptors (Lipinski definition) is 3. The molecular weight excluding hydrogens is 224 g/mol. The van der Waals surface area contributed by atoms with E-state index in [4.69, 9.17) is 0 Å². The minimum atomic E-state index is -0.0893. The van der Waals surface area contributed by atoms with Crippen molar-refractivity contribution in [1.29, 1.82) is 0 Å². The minimum Gasteiger partial charge on any atom is -0.392 e. The molecule has 1 aliphatic heterocycles. The molecule has 3 aliphatic rings. The van der Waals surface area contributed by atoms with E-state index in [0.717, 1.165) is 37.3 Å². The summed E-state index contributed by atoms with van der Waals surface area (Å²) in [4.78, 5) is 4.84. The van der Waals surface area contributed by atoms with Crippen molar-refractivity contribution in [2.24, 2.45) is 17.8 Å². The molecule has 2 aliphatic carbocycles. The SMILES string of the molecule is CN(C)CC1CC(O)CN1CC1CC2CCC1C2. The summed E-state index contributed by atoms with van der Waals surface area (Å²) < 4.78 is 0. The van der Waals surface area contributed by atoms with Gasteiger partial charge in [0.25, 0.3) is 0 Å². The van der Waals surface area contributed by atoms with Gasteiger partial charge in [0.2, 0.25) is 0 Å². The molecule has 1 saturated heterocycles. The number of aliphatic hydroxyl groups excluding tert-OH is 1. The van der Waals surface area contributed by atoms with Gasteiger partial charge in [-0.2, -0.15) is 0 Å². The number of rotatable bonds is 4. The Morgan fingerprint density at radius 1 is 1.17 bits per heavy atom. The average molecular weight is 252 g/mol. The lowest BCUT2D eigenvalue weighted by Crippen LogP contribution is -2.41. The Morgan fingerprint density at radius 2 is 2.00 bits per heavy atom. The first-order valence-electron chi connectivity index (χ1n) is 7.68. The largest absolute Gasteiger partial charge is 0.392 e. The zero-order chi connectivity index (χ0) is 12.7. The Kier molecular flexibility index (Phi) is 3.65. The molecule has 0 spiro atoms. The van der Waals surface area contributed by atoms with E-state index in [1.165, 1.54) is 32.2 Å². The fourth-order valence-electron chi connectivity index (χ4n) is 4.69. The van der Waals surface area contributed by atoms with Crippen molar-refractivity contribution < 1.29 is 5.11 Å². The summed E-state index contributed by atoms with van der Waals surface area (Å²) in [5, 5.41) is 9.93. The highest BCUT2D eigenvalue weighted by atomic mass is 16.3. The first-order valence-corrected chi connectivity index (χ1v) is 7.68. The predicted octanol–water partition coefficient (Wildman–Crippen LogP) is 1.42. The lowest BCUT2D eigenvalue weighted by molar-refractivity contribution is 0.142. The van der Waals surface area contributed by atoms with Crippen LogP contribution in [0.3, 0.4) is 0 Å². The molecule has 3 nitrogen and oxygen atoms in total. The minimum absolute atomic E-state index is 0.0893. The second-order valence-corrected chi connectivity index (χ2v) is 7.19. The highest BCUT2D eigenvalue weighted by Crippen LogP contribution is 2.48. The van der Waals surface area contributed by atoms with Crippen LogP contribution in [-0.4, -0.2) is 60.8 Å². The van der Waals surface area contributed by atoms with E-state index in [-0.39, 0.29) is 6.10 Å². The maximum atomic E-state index is 9.93. The number of nitrogens with zero attached hydrogens (tertiary/aromatic N) is 2. The van der Waals surface area contributed by atoms with Gasteiger partial charge in [0.1, 0.15) is 0 Å². The Bertz CT molecular complexity index is 294. The van der Waals surface area contributed by atoms with Gasteiger partial charge in [0.05, 0.1) is 6.10 Å². The monoisotopic (exact) mass is 252 g/mol. The number of hydrogen-bond donors (Lipinski definition) is 1. The normalized spacial score (nSPS) is 44.3. The van der Waals surface area contributed by atoms with E-state index in [9.17, 15) is 5.11 Å². The van der Waals surface area contributed by atoms with Gasteiger partial charge in [0.15, 0.2) is 0 Å². The molecule has 0 amide bonds. The Balaban J connectivity index is 1.57. The van der Waals surface area contributed by atoms with Gasteiger partial charge in [-0.05, 0) is 57.5 Å². The van der Waals surface area contributed by atoms with Crippen LogP contribution in [0.5, 0.6) is 0 Å². The van der Waals surface area contributed by atoms with Crippen LogP contribution in [-0.2, 0) is 0 Å². The summed E-state index contributed by atoms with van der Waals surface area (Å²) in [6.45, 7) is 3.25. The maximum absolute atomic E-state index is 9.93. The van der Waals surface area contributed by atoms with Crippen molar-refractivity contribution in [2.45, 2.75) is 44.2 Å². The van der Waals surface area contributed by atoms with Crippen molar-refractivity contribution in [3.05, 3.63) is 0 Å². The summed E-state index contributed by atoms with van der Waals surface area (Å²) in [5.41, 5.74) is 0. The highest BCUT2D eigenvalue weighted by molar-refractivity contribution is 4.94. The highest BCUT2D eigenvalue weighted by Gasteiger charge is 2.42. The van der Waals surface area contributed by atoms with Crippen LogP contribution in [0.25, 0.3) is 0 Å².